The van der Waals surface area contributed by atoms with Crippen LogP contribution in [0.25, 0.3) is 16.6 Å². The number of amides is 1. The van der Waals surface area contributed by atoms with Gasteiger partial charge in [-0.05, 0) is 68.5 Å². The van der Waals surface area contributed by atoms with Gasteiger partial charge >= 0.3 is 0 Å². The largest absolute Gasteiger partial charge is 0.333 e. The quantitative estimate of drug-likeness (QED) is 0.455. The van der Waals surface area contributed by atoms with E-state index < -0.39 is 0 Å². The van der Waals surface area contributed by atoms with Gasteiger partial charge in [-0.25, -0.2) is 4.98 Å². The van der Waals surface area contributed by atoms with E-state index in [9.17, 15) is 9.59 Å². The molecule has 2 aromatic carbocycles. The van der Waals surface area contributed by atoms with Crippen LogP contribution >= 0.6 is 0 Å². The summed E-state index contributed by atoms with van der Waals surface area (Å²) >= 11 is 0. The first kappa shape index (κ1) is 23.7. The highest BCUT2D eigenvalue weighted by molar-refractivity contribution is 5.79. The summed E-state index contributed by atoms with van der Waals surface area (Å²) in [6.45, 7) is 13.0. The fraction of sp³-hybridized carbons (Fsp3) is 0.444. The van der Waals surface area contributed by atoms with Gasteiger partial charge in [0.15, 0.2) is 0 Å². The molecule has 0 spiro atoms. The van der Waals surface area contributed by atoms with Gasteiger partial charge in [-0.3, -0.25) is 14.2 Å². The molecule has 1 amide bonds. The number of rotatable bonds is 8. The second-order valence-corrected chi connectivity index (χ2v) is 9.12. The average molecular weight is 434 g/mol. The molecule has 5 heteroatoms. The molecule has 1 atom stereocenters. The Morgan fingerprint density at radius 2 is 1.78 bits per heavy atom. The molecule has 0 aliphatic carbocycles. The van der Waals surface area contributed by atoms with Crippen LogP contribution in [-0.4, -0.2) is 26.9 Å². The first-order chi connectivity index (χ1) is 15.2. The summed E-state index contributed by atoms with van der Waals surface area (Å²) < 4.78 is 1.69. The number of aryl methyl sites for hydroxylation is 2. The number of carbonyl (C=O) groups is 1. The third kappa shape index (κ3) is 4.93. The van der Waals surface area contributed by atoms with E-state index in [0.717, 1.165) is 24.1 Å². The molecule has 0 aliphatic heterocycles. The lowest BCUT2D eigenvalue weighted by Gasteiger charge is -2.32. The molecule has 0 saturated carbocycles. The van der Waals surface area contributed by atoms with Crippen molar-refractivity contribution in [3.63, 3.8) is 0 Å². The van der Waals surface area contributed by atoms with Gasteiger partial charge in [0.25, 0.3) is 5.56 Å². The Kier molecular flexibility index (Phi) is 7.49. The number of hydrogen-bond acceptors (Lipinski definition) is 3. The second-order valence-electron chi connectivity index (χ2n) is 9.12. The fourth-order valence-electron chi connectivity index (χ4n) is 4.02. The first-order valence-corrected chi connectivity index (χ1v) is 11.6. The molecule has 1 unspecified atom stereocenters. The predicted octanol–water partition coefficient (Wildman–Crippen LogP) is 5.74. The molecule has 170 valence electrons. The minimum atomic E-state index is -0.333. The van der Waals surface area contributed by atoms with E-state index >= 15 is 0 Å². The van der Waals surface area contributed by atoms with Crippen molar-refractivity contribution in [3.8, 4) is 5.69 Å². The molecular formula is C27H35N3O2. The number of aromatic nitrogens is 2. The van der Waals surface area contributed by atoms with Crippen molar-refractivity contribution >= 4 is 16.8 Å². The van der Waals surface area contributed by atoms with E-state index in [0.29, 0.717) is 35.6 Å². The average Bonchev–Trinajstić information content (AvgIpc) is 2.77. The Bertz CT molecular complexity index is 1160. The lowest BCUT2D eigenvalue weighted by molar-refractivity contribution is -0.134. The van der Waals surface area contributed by atoms with Gasteiger partial charge in [0.2, 0.25) is 5.91 Å². The number of carbonyl (C=O) groups excluding carboxylic acids is 1. The molecule has 0 N–H and O–H groups in total. The summed E-state index contributed by atoms with van der Waals surface area (Å²) in [5, 5.41) is 0.578. The first-order valence-electron chi connectivity index (χ1n) is 11.6. The van der Waals surface area contributed by atoms with Gasteiger partial charge in [0.05, 0.1) is 22.6 Å². The van der Waals surface area contributed by atoms with Crippen molar-refractivity contribution in [3.05, 3.63) is 69.8 Å². The Hall–Kier alpha value is -2.95. The van der Waals surface area contributed by atoms with Gasteiger partial charge in [-0.1, -0.05) is 45.4 Å². The lowest BCUT2D eigenvalue weighted by Crippen LogP contribution is -2.39. The number of fused-ring (bicyclic) bond motifs is 1. The fourth-order valence-corrected chi connectivity index (χ4v) is 4.02. The topological polar surface area (TPSA) is 55.2 Å². The smallest absolute Gasteiger partial charge is 0.266 e. The SMILES string of the molecule is CCCCC(=O)N(CC(C)C)C(C)c1nc2ccccc2c(=O)n1-c1ccc(C)c(C)c1. The van der Waals surface area contributed by atoms with Gasteiger partial charge in [0, 0.05) is 13.0 Å². The molecule has 0 aliphatic rings. The molecule has 0 radical (unpaired) electrons. The highest BCUT2D eigenvalue weighted by Crippen LogP contribution is 2.25. The van der Waals surface area contributed by atoms with E-state index in [-0.39, 0.29) is 17.5 Å². The summed E-state index contributed by atoms with van der Waals surface area (Å²) in [6, 6.07) is 13.1. The molecule has 3 aromatic rings. The molecule has 5 nitrogen and oxygen atoms in total. The molecular weight excluding hydrogens is 398 g/mol. The van der Waals surface area contributed by atoms with E-state index in [1.54, 1.807) is 4.57 Å². The summed E-state index contributed by atoms with van der Waals surface area (Å²) in [6.07, 6.45) is 2.33. The van der Waals surface area contributed by atoms with Crippen LogP contribution in [0.2, 0.25) is 0 Å². The molecule has 0 saturated heterocycles. The summed E-state index contributed by atoms with van der Waals surface area (Å²) in [7, 11) is 0. The summed E-state index contributed by atoms with van der Waals surface area (Å²) in [5.41, 5.74) is 3.61. The van der Waals surface area contributed by atoms with Gasteiger partial charge in [-0.15, -0.1) is 0 Å². The van der Waals surface area contributed by atoms with Crippen molar-refractivity contribution in [1.82, 2.24) is 14.5 Å². The number of para-hydroxylation sites is 1. The lowest BCUT2D eigenvalue weighted by atomic mass is 10.1. The minimum absolute atomic E-state index is 0.105. The highest BCUT2D eigenvalue weighted by Gasteiger charge is 2.27. The molecule has 3 rings (SSSR count). The summed E-state index contributed by atoms with van der Waals surface area (Å²) in [5.74, 6) is 1.02. The number of benzene rings is 2. The van der Waals surface area contributed by atoms with Crippen LogP contribution in [0.5, 0.6) is 0 Å². The van der Waals surface area contributed by atoms with Crippen LogP contribution in [0.1, 0.15) is 70.0 Å². The van der Waals surface area contributed by atoms with E-state index in [4.69, 9.17) is 4.98 Å². The van der Waals surface area contributed by atoms with Crippen LogP contribution in [-0.2, 0) is 4.79 Å². The minimum Gasteiger partial charge on any atom is -0.333 e. The van der Waals surface area contributed by atoms with Crippen LogP contribution in [0.15, 0.2) is 47.3 Å². The van der Waals surface area contributed by atoms with Crippen LogP contribution in [0.3, 0.4) is 0 Å². The third-order valence-corrected chi connectivity index (χ3v) is 6.02. The number of hydrogen-bond donors (Lipinski definition) is 0. The monoisotopic (exact) mass is 433 g/mol. The van der Waals surface area contributed by atoms with E-state index in [2.05, 4.69) is 27.7 Å². The standard InChI is InChI=1S/C27H35N3O2/c1-7-8-13-25(31)29(17-18(2)3)21(6)26-28-24-12-10-9-11-23(24)27(32)30(26)22-15-14-19(4)20(5)16-22/h9-12,14-16,18,21H,7-8,13,17H2,1-6H3. The summed E-state index contributed by atoms with van der Waals surface area (Å²) in [4.78, 5) is 33.6. The maximum absolute atomic E-state index is 13.7. The van der Waals surface area contributed by atoms with Gasteiger partial charge in [0.1, 0.15) is 5.82 Å². The Morgan fingerprint density at radius 3 is 2.44 bits per heavy atom. The molecule has 1 heterocycles. The van der Waals surface area contributed by atoms with Crippen molar-refractivity contribution in [2.45, 2.75) is 66.8 Å². The van der Waals surface area contributed by atoms with Crippen LogP contribution in [0.4, 0.5) is 0 Å². The van der Waals surface area contributed by atoms with Crippen molar-refractivity contribution in [2.24, 2.45) is 5.92 Å². The number of nitrogens with zero attached hydrogens (tertiary/aromatic N) is 3. The van der Waals surface area contributed by atoms with E-state index in [1.165, 1.54) is 5.56 Å². The highest BCUT2D eigenvalue weighted by atomic mass is 16.2. The van der Waals surface area contributed by atoms with Crippen molar-refractivity contribution < 1.29 is 4.79 Å². The van der Waals surface area contributed by atoms with Crippen molar-refractivity contribution in [1.29, 1.82) is 0 Å². The van der Waals surface area contributed by atoms with Crippen LogP contribution < -0.4 is 5.56 Å². The van der Waals surface area contributed by atoms with E-state index in [1.807, 2.05) is 61.2 Å². The molecule has 0 fully saturated rings. The zero-order chi connectivity index (χ0) is 23.4. The van der Waals surface area contributed by atoms with Gasteiger partial charge < -0.3 is 4.90 Å². The molecule has 0 bridgehead atoms. The number of unbranched alkanes of at least 4 members (excludes halogenated alkanes) is 1. The third-order valence-electron chi connectivity index (χ3n) is 6.02. The molecule has 32 heavy (non-hydrogen) atoms. The predicted molar refractivity (Wildman–Crippen MR) is 131 cm³/mol. The second kappa shape index (κ2) is 10.1. The Morgan fingerprint density at radius 1 is 1.06 bits per heavy atom. The zero-order valence-corrected chi connectivity index (χ0v) is 20.2. The Labute approximate surface area is 191 Å². The zero-order valence-electron chi connectivity index (χ0n) is 20.2. The Balaban J connectivity index is 2.23. The molecule has 1 aromatic heterocycles. The van der Waals surface area contributed by atoms with Gasteiger partial charge in [-0.2, -0.15) is 0 Å². The van der Waals surface area contributed by atoms with Crippen molar-refractivity contribution in [2.75, 3.05) is 6.54 Å². The normalized spacial score (nSPS) is 12.3. The maximum atomic E-state index is 13.7. The van der Waals surface area contributed by atoms with Crippen LogP contribution in [0, 0.1) is 19.8 Å². The maximum Gasteiger partial charge on any atom is 0.266 e.